The maximum absolute atomic E-state index is 5.07. The minimum atomic E-state index is 0.776. The first-order valence-electron chi connectivity index (χ1n) is 4.64. The zero-order valence-electron chi connectivity index (χ0n) is 9.09. The van der Waals surface area contributed by atoms with Gasteiger partial charge in [-0.25, -0.2) is 9.97 Å². The first-order chi connectivity index (χ1) is 6.27. The monoisotopic (exact) mass is 182 g/mol. The molecule has 0 aromatic carbocycles. The van der Waals surface area contributed by atoms with Gasteiger partial charge in [0.15, 0.2) is 5.75 Å². The van der Waals surface area contributed by atoms with Crippen LogP contribution in [-0.4, -0.2) is 17.1 Å². The normalized spacial score (nSPS) is 8.69. The van der Waals surface area contributed by atoms with Crippen LogP contribution >= 0.6 is 0 Å². The molecular weight excluding hydrogens is 164 g/mol. The second-order valence-corrected chi connectivity index (χ2v) is 2.29. The fourth-order valence-electron chi connectivity index (χ4n) is 0.930. The third kappa shape index (κ3) is 3.40. The van der Waals surface area contributed by atoms with E-state index in [1.165, 1.54) is 0 Å². The molecule has 0 saturated heterocycles. The Hall–Kier alpha value is -1.12. The van der Waals surface area contributed by atoms with Gasteiger partial charge in [0, 0.05) is 0 Å². The molecule has 0 unspecified atom stereocenters. The Morgan fingerprint density at radius 1 is 1.38 bits per heavy atom. The van der Waals surface area contributed by atoms with Crippen LogP contribution in [0.25, 0.3) is 0 Å². The molecule has 0 bridgehead atoms. The van der Waals surface area contributed by atoms with Crippen LogP contribution in [0.15, 0.2) is 6.20 Å². The maximum atomic E-state index is 5.07. The predicted molar refractivity (Wildman–Crippen MR) is 54.0 cm³/mol. The van der Waals surface area contributed by atoms with Crippen LogP contribution in [-0.2, 0) is 6.42 Å². The number of hydrogen-bond donors (Lipinski definition) is 0. The smallest absolute Gasteiger partial charge is 0.158 e. The molecule has 0 radical (unpaired) electrons. The Labute approximate surface area is 80.2 Å². The third-order valence-corrected chi connectivity index (χ3v) is 1.50. The number of aromatic nitrogens is 2. The molecule has 13 heavy (non-hydrogen) atoms. The van der Waals surface area contributed by atoms with Crippen LogP contribution < -0.4 is 4.74 Å². The standard InChI is InChI=1S/C8H12N2O.C2H6/c1-4-7-8(11-3)5-9-6(2)10-7;1-2/h5H,4H2,1-3H3;1-2H3. The van der Waals surface area contributed by atoms with Crippen molar-refractivity contribution in [1.29, 1.82) is 0 Å². The van der Waals surface area contributed by atoms with Crippen LogP contribution in [0.1, 0.15) is 32.3 Å². The number of ether oxygens (including phenoxy) is 1. The minimum Gasteiger partial charge on any atom is -0.493 e. The second-order valence-electron chi connectivity index (χ2n) is 2.29. The molecule has 0 spiro atoms. The van der Waals surface area contributed by atoms with E-state index in [-0.39, 0.29) is 0 Å². The molecule has 1 aromatic heterocycles. The Balaban J connectivity index is 0.000000671. The van der Waals surface area contributed by atoms with Crippen molar-refractivity contribution in [3.63, 3.8) is 0 Å². The SMILES string of the molecule is CC.CCc1nc(C)ncc1OC. The zero-order valence-corrected chi connectivity index (χ0v) is 9.09. The van der Waals surface area contributed by atoms with Gasteiger partial charge in [-0.15, -0.1) is 0 Å². The lowest BCUT2D eigenvalue weighted by Gasteiger charge is -2.04. The lowest BCUT2D eigenvalue weighted by atomic mass is 10.3. The molecule has 0 atom stereocenters. The Morgan fingerprint density at radius 3 is 2.46 bits per heavy atom. The highest BCUT2D eigenvalue weighted by Crippen LogP contribution is 2.13. The van der Waals surface area contributed by atoms with Crippen molar-refractivity contribution in [2.45, 2.75) is 34.1 Å². The molecule has 0 saturated carbocycles. The van der Waals surface area contributed by atoms with Crippen molar-refractivity contribution in [1.82, 2.24) is 9.97 Å². The summed E-state index contributed by atoms with van der Waals surface area (Å²) in [6.07, 6.45) is 2.59. The van der Waals surface area contributed by atoms with Crippen molar-refractivity contribution < 1.29 is 4.74 Å². The summed E-state index contributed by atoms with van der Waals surface area (Å²) in [5.41, 5.74) is 0.972. The number of methoxy groups -OCH3 is 1. The lowest BCUT2D eigenvalue weighted by molar-refractivity contribution is 0.404. The first kappa shape index (κ1) is 11.9. The van der Waals surface area contributed by atoms with Gasteiger partial charge in [-0.05, 0) is 13.3 Å². The van der Waals surface area contributed by atoms with E-state index in [1.807, 2.05) is 27.7 Å². The first-order valence-corrected chi connectivity index (χ1v) is 4.64. The van der Waals surface area contributed by atoms with Crippen LogP contribution in [0.3, 0.4) is 0 Å². The van der Waals surface area contributed by atoms with E-state index in [2.05, 4.69) is 9.97 Å². The maximum Gasteiger partial charge on any atom is 0.158 e. The second kappa shape index (κ2) is 6.40. The number of aryl methyl sites for hydroxylation is 2. The van der Waals surface area contributed by atoms with Gasteiger partial charge < -0.3 is 4.74 Å². The molecule has 0 fully saturated rings. The summed E-state index contributed by atoms with van der Waals surface area (Å²) in [4.78, 5) is 8.25. The Bertz CT molecular complexity index is 249. The summed E-state index contributed by atoms with van der Waals surface area (Å²) in [6.45, 7) is 7.92. The summed E-state index contributed by atoms with van der Waals surface area (Å²) in [5.74, 6) is 1.57. The summed E-state index contributed by atoms with van der Waals surface area (Å²) in [6, 6.07) is 0. The average Bonchev–Trinajstić information content (AvgIpc) is 2.20. The van der Waals surface area contributed by atoms with Gasteiger partial charge >= 0.3 is 0 Å². The number of rotatable bonds is 2. The summed E-state index contributed by atoms with van der Waals surface area (Å²) in [7, 11) is 1.63. The molecule has 0 amide bonds. The molecule has 74 valence electrons. The molecule has 0 aliphatic rings. The van der Waals surface area contributed by atoms with Gasteiger partial charge in [0.1, 0.15) is 5.82 Å². The highest BCUT2D eigenvalue weighted by molar-refractivity contribution is 5.24. The third-order valence-electron chi connectivity index (χ3n) is 1.50. The van der Waals surface area contributed by atoms with Gasteiger partial charge in [0.05, 0.1) is 19.0 Å². The zero-order chi connectivity index (χ0) is 10.3. The van der Waals surface area contributed by atoms with E-state index in [4.69, 9.17) is 4.74 Å². The van der Waals surface area contributed by atoms with Crippen LogP contribution in [0.4, 0.5) is 0 Å². The van der Waals surface area contributed by atoms with Gasteiger partial charge in [0.2, 0.25) is 0 Å². The molecule has 1 rings (SSSR count). The lowest BCUT2D eigenvalue weighted by Crippen LogP contribution is -1.97. The van der Waals surface area contributed by atoms with E-state index in [9.17, 15) is 0 Å². The molecule has 3 nitrogen and oxygen atoms in total. The van der Waals surface area contributed by atoms with E-state index >= 15 is 0 Å². The van der Waals surface area contributed by atoms with Crippen LogP contribution in [0.5, 0.6) is 5.75 Å². The van der Waals surface area contributed by atoms with Crippen molar-refractivity contribution in [2.24, 2.45) is 0 Å². The fraction of sp³-hybridized carbons (Fsp3) is 0.600. The summed E-state index contributed by atoms with van der Waals surface area (Å²) >= 11 is 0. The average molecular weight is 182 g/mol. The minimum absolute atomic E-state index is 0.776. The molecule has 3 heteroatoms. The van der Waals surface area contributed by atoms with Gasteiger partial charge in [-0.3, -0.25) is 0 Å². The molecule has 0 aliphatic carbocycles. The van der Waals surface area contributed by atoms with Crippen molar-refractivity contribution in [2.75, 3.05) is 7.11 Å². The molecule has 1 heterocycles. The predicted octanol–water partition coefficient (Wildman–Crippen LogP) is 2.38. The number of nitrogens with zero attached hydrogens (tertiary/aromatic N) is 2. The molecule has 0 aliphatic heterocycles. The van der Waals surface area contributed by atoms with Gasteiger partial charge in [-0.2, -0.15) is 0 Å². The molecular formula is C10H18N2O. The molecule has 0 N–H and O–H groups in total. The van der Waals surface area contributed by atoms with E-state index in [0.29, 0.717) is 0 Å². The molecule has 1 aromatic rings. The highest BCUT2D eigenvalue weighted by Gasteiger charge is 2.01. The van der Waals surface area contributed by atoms with Crippen molar-refractivity contribution >= 4 is 0 Å². The quantitative estimate of drug-likeness (QED) is 0.704. The Morgan fingerprint density at radius 2 is 2.00 bits per heavy atom. The van der Waals surface area contributed by atoms with Gasteiger partial charge in [-0.1, -0.05) is 20.8 Å². The Kier molecular flexibility index (Phi) is 5.85. The fourth-order valence-corrected chi connectivity index (χ4v) is 0.930. The summed E-state index contributed by atoms with van der Waals surface area (Å²) < 4.78 is 5.07. The summed E-state index contributed by atoms with van der Waals surface area (Å²) in [5, 5.41) is 0. The largest absolute Gasteiger partial charge is 0.493 e. The van der Waals surface area contributed by atoms with Crippen molar-refractivity contribution in [3.8, 4) is 5.75 Å². The van der Waals surface area contributed by atoms with E-state index in [0.717, 1.165) is 23.7 Å². The van der Waals surface area contributed by atoms with Gasteiger partial charge in [0.25, 0.3) is 0 Å². The highest BCUT2D eigenvalue weighted by atomic mass is 16.5. The van der Waals surface area contributed by atoms with Crippen LogP contribution in [0.2, 0.25) is 0 Å². The van der Waals surface area contributed by atoms with Crippen molar-refractivity contribution in [3.05, 3.63) is 17.7 Å². The topological polar surface area (TPSA) is 35.0 Å². The van der Waals surface area contributed by atoms with E-state index < -0.39 is 0 Å². The number of hydrogen-bond acceptors (Lipinski definition) is 3. The van der Waals surface area contributed by atoms with E-state index in [1.54, 1.807) is 13.3 Å². The van der Waals surface area contributed by atoms with Crippen LogP contribution in [0, 0.1) is 6.92 Å².